The van der Waals surface area contributed by atoms with Crippen molar-refractivity contribution in [3.05, 3.63) is 27.7 Å². The largest absolute Gasteiger partial charge is 0.493 e. The van der Waals surface area contributed by atoms with Gasteiger partial charge >= 0.3 is 0 Å². The highest BCUT2D eigenvalue weighted by Crippen LogP contribution is 2.35. The predicted molar refractivity (Wildman–Crippen MR) is 87.8 cm³/mol. The van der Waals surface area contributed by atoms with Crippen LogP contribution in [0.4, 0.5) is 0 Å². The number of fused-ring (bicyclic) bond motifs is 1. The molecule has 0 saturated carbocycles. The molecule has 1 aromatic carbocycles. The third kappa shape index (κ3) is 2.73. The van der Waals surface area contributed by atoms with Crippen LogP contribution >= 0.6 is 15.9 Å². The van der Waals surface area contributed by atoms with Crippen molar-refractivity contribution >= 4 is 15.9 Å². The van der Waals surface area contributed by atoms with Crippen molar-refractivity contribution in [1.29, 1.82) is 0 Å². The van der Waals surface area contributed by atoms with E-state index in [-0.39, 0.29) is 0 Å². The van der Waals surface area contributed by atoms with Crippen molar-refractivity contribution < 1.29 is 4.74 Å². The van der Waals surface area contributed by atoms with E-state index in [2.05, 4.69) is 38.3 Å². The van der Waals surface area contributed by atoms with Gasteiger partial charge in [-0.25, -0.2) is 0 Å². The Morgan fingerprint density at radius 1 is 1.29 bits per heavy atom. The van der Waals surface area contributed by atoms with Gasteiger partial charge in [0.2, 0.25) is 0 Å². The molecule has 3 nitrogen and oxygen atoms in total. The van der Waals surface area contributed by atoms with Gasteiger partial charge in [-0.05, 0) is 56.5 Å². The summed E-state index contributed by atoms with van der Waals surface area (Å²) in [6, 6.07) is 5.88. The Bertz CT molecular complexity index is 528. The number of likely N-dealkylation sites (tertiary alicyclic amines) is 1. The first-order chi connectivity index (χ1) is 10.3. The second-order valence-corrected chi connectivity index (χ2v) is 7.45. The minimum Gasteiger partial charge on any atom is -0.493 e. The summed E-state index contributed by atoms with van der Waals surface area (Å²) < 4.78 is 7.08. The first kappa shape index (κ1) is 14.0. The number of halogens is 1. The van der Waals surface area contributed by atoms with Gasteiger partial charge in [0.25, 0.3) is 0 Å². The molecule has 0 amide bonds. The summed E-state index contributed by atoms with van der Waals surface area (Å²) in [5.41, 5.74) is 2.73. The van der Waals surface area contributed by atoms with E-state index in [9.17, 15) is 0 Å². The molecule has 3 heterocycles. The third-order valence-electron chi connectivity index (χ3n) is 5.18. The lowest BCUT2D eigenvalue weighted by Gasteiger charge is -2.30. The Morgan fingerprint density at radius 2 is 2.24 bits per heavy atom. The lowest BCUT2D eigenvalue weighted by molar-refractivity contribution is 0.204. The number of benzene rings is 1. The van der Waals surface area contributed by atoms with Crippen LogP contribution in [0, 0.1) is 0 Å². The highest BCUT2D eigenvalue weighted by atomic mass is 79.9. The van der Waals surface area contributed by atoms with Gasteiger partial charge in [0, 0.05) is 35.1 Å². The molecule has 4 heteroatoms. The molecular formula is C17H23BrN2O. The molecule has 1 aromatic rings. The summed E-state index contributed by atoms with van der Waals surface area (Å²) in [7, 11) is 0. The zero-order chi connectivity index (χ0) is 14.2. The Kier molecular flexibility index (Phi) is 3.94. The maximum Gasteiger partial charge on any atom is 0.127 e. The lowest BCUT2D eigenvalue weighted by atomic mass is 10.0. The highest BCUT2D eigenvalue weighted by molar-refractivity contribution is 9.10. The molecule has 114 valence electrons. The van der Waals surface area contributed by atoms with Crippen molar-refractivity contribution in [2.75, 3.05) is 19.7 Å². The summed E-state index contributed by atoms with van der Waals surface area (Å²) in [6.45, 7) is 4.30. The first-order valence-electron chi connectivity index (χ1n) is 8.23. The van der Waals surface area contributed by atoms with Gasteiger partial charge < -0.3 is 10.1 Å². The van der Waals surface area contributed by atoms with Crippen LogP contribution < -0.4 is 10.1 Å². The highest BCUT2D eigenvalue weighted by Gasteiger charge is 2.33. The molecule has 2 saturated heterocycles. The van der Waals surface area contributed by atoms with Crippen LogP contribution in [0.1, 0.15) is 36.8 Å². The fourth-order valence-electron chi connectivity index (χ4n) is 4.23. The molecule has 0 aromatic heterocycles. The van der Waals surface area contributed by atoms with Crippen LogP contribution in [0.15, 0.2) is 16.6 Å². The molecule has 0 spiro atoms. The average molecular weight is 351 g/mol. The average Bonchev–Trinajstić information content (AvgIpc) is 3.18. The second-order valence-electron chi connectivity index (χ2n) is 6.53. The number of nitrogens with zero attached hydrogens (tertiary/aromatic N) is 1. The first-order valence-corrected chi connectivity index (χ1v) is 9.02. The van der Waals surface area contributed by atoms with Gasteiger partial charge in [0.1, 0.15) is 5.75 Å². The molecule has 21 heavy (non-hydrogen) atoms. The molecule has 2 unspecified atom stereocenters. The number of ether oxygens (including phenoxy) is 1. The normalized spacial score (nSPS) is 28.8. The van der Waals surface area contributed by atoms with E-state index in [1.165, 1.54) is 54.4 Å². The Labute approximate surface area is 135 Å². The van der Waals surface area contributed by atoms with Gasteiger partial charge in [-0.3, -0.25) is 4.90 Å². The standard InChI is InChI=1S/C17H23BrN2O/c18-14-9-12-5-8-21-17(12)13(10-14)11-20-7-2-4-16(20)15-3-1-6-19-15/h9-10,15-16,19H,1-8,11H2. The predicted octanol–water partition coefficient (Wildman–Crippen LogP) is 3.10. The molecule has 0 radical (unpaired) electrons. The van der Waals surface area contributed by atoms with Crippen LogP contribution in [0.5, 0.6) is 5.75 Å². The second kappa shape index (κ2) is 5.90. The molecule has 0 bridgehead atoms. The molecule has 0 aliphatic carbocycles. The Morgan fingerprint density at radius 3 is 3.10 bits per heavy atom. The van der Waals surface area contributed by atoms with Gasteiger partial charge in [-0.2, -0.15) is 0 Å². The molecule has 3 aliphatic rings. The number of hydrogen-bond acceptors (Lipinski definition) is 3. The fourth-order valence-corrected chi connectivity index (χ4v) is 4.78. The van der Waals surface area contributed by atoms with Crippen molar-refractivity contribution in [3.63, 3.8) is 0 Å². The minimum atomic E-state index is 0.702. The zero-order valence-corrected chi connectivity index (χ0v) is 14.0. The summed E-state index contributed by atoms with van der Waals surface area (Å²) >= 11 is 3.66. The van der Waals surface area contributed by atoms with E-state index in [0.717, 1.165) is 25.3 Å². The topological polar surface area (TPSA) is 24.5 Å². The number of nitrogens with one attached hydrogen (secondary N) is 1. The zero-order valence-electron chi connectivity index (χ0n) is 12.4. The summed E-state index contributed by atoms with van der Waals surface area (Å²) in [5.74, 6) is 1.16. The van der Waals surface area contributed by atoms with Crippen LogP contribution in [0.25, 0.3) is 0 Å². The quantitative estimate of drug-likeness (QED) is 0.906. The van der Waals surface area contributed by atoms with Crippen LogP contribution in [-0.4, -0.2) is 36.7 Å². The van der Waals surface area contributed by atoms with Crippen molar-refractivity contribution in [2.45, 2.75) is 50.7 Å². The van der Waals surface area contributed by atoms with Crippen LogP contribution in [-0.2, 0) is 13.0 Å². The van der Waals surface area contributed by atoms with Crippen molar-refractivity contribution in [1.82, 2.24) is 10.2 Å². The molecule has 2 fully saturated rings. The maximum absolute atomic E-state index is 5.89. The third-order valence-corrected chi connectivity index (χ3v) is 5.63. The Hall–Kier alpha value is -0.580. The smallest absolute Gasteiger partial charge is 0.127 e. The Balaban J connectivity index is 1.55. The van der Waals surface area contributed by atoms with E-state index in [1.54, 1.807) is 0 Å². The summed E-state index contributed by atoms with van der Waals surface area (Å²) in [5, 5.41) is 3.70. The monoisotopic (exact) mass is 350 g/mol. The number of rotatable bonds is 3. The maximum atomic E-state index is 5.89. The molecule has 4 rings (SSSR count). The summed E-state index contributed by atoms with van der Waals surface area (Å²) in [4.78, 5) is 2.67. The van der Waals surface area contributed by atoms with E-state index in [1.807, 2.05) is 0 Å². The van der Waals surface area contributed by atoms with Gasteiger partial charge in [-0.15, -0.1) is 0 Å². The van der Waals surface area contributed by atoms with Crippen LogP contribution in [0.3, 0.4) is 0 Å². The van der Waals surface area contributed by atoms with E-state index in [0.29, 0.717) is 12.1 Å². The van der Waals surface area contributed by atoms with Gasteiger partial charge in [0.05, 0.1) is 6.61 Å². The SMILES string of the molecule is Brc1cc2c(c(CN3CCCC3C3CCCN3)c1)OCC2. The molecule has 1 N–H and O–H groups in total. The van der Waals surface area contributed by atoms with Crippen molar-refractivity contribution in [2.24, 2.45) is 0 Å². The van der Waals surface area contributed by atoms with E-state index in [4.69, 9.17) is 4.74 Å². The van der Waals surface area contributed by atoms with E-state index >= 15 is 0 Å². The van der Waals surface area contributed by atoms with Crippen LogP contribution in [0.2, 0.25) is 0 Å². The number of hydrogen-bond donors (Lipinski definition) is 1. The fraction of sp³-hybridized carbons (Fsp3) is 0.647. The summed E-state index contributed by atoms with van der Waals surface area (Å²) in [6.07, 6.45) is 6.41. The van der Waals surface area contributed by atoms with Gasteiger partial charge in [0.15, 0.2) is 0 Å². The lowest BCUT2D eigenvalue weighted by Crippen LogP contribution is -2.43. The van der Waals surface area contributed by atoms with E-state index < -0.39 is 0 Å². The van der Waals surface area contributed by atoms with Gasteiger partial charge in [-0.1, -0.05) is 15.9 Å². The molecule has 3 aliphatic heterocycles. The molecule has 2 atom stereocenters. The molecular weight excluding hydrogens is 328 g/mol. The van der Waals surface area contributed by atoms with Crippen molar-refractivity contribution in [3.8, 4) is 5.75 Å². The minimum absolute atomic E-state index is 0.702.